The first-order chi connectivity index (χ1) is 23.2. The van der Waals surface area contributed by atoms with E-state index in [0.717, 1.165) is 111 Å². The average molecular weight is 671 g/mol. The highest BCUT2D eigenvalue weighted by Gasteiger charge is 2.51. The van der Waals surface area contributed by atoms with Gasteiger partial charge in [0.15, 0.2) is 0 Å². The van der Waals surface area contributed by atoms with Gasteiger partial charge in [0.2, 0.25) is 5.91 Å². The predicted molar refractivity (Wildman–Crippen MR) is 190 cm³/mol. The van der Waals surface area contributed by atoms with Crippen LogP contribution in [0, 0.1) is 24.2 Å². The Bertz CT molecular complexity index is 1620. The van der Waals surface area contributed by atoms with Crippen LogP contribution in [0.1, 0.15) is 94.2 Å². The van der Waals surface area contributed by atoms with Gasteiger partial charge < -0.3 is 14.4 Å². The third-order valence-electron chi connectivity index (χ3n) is 11.9. The SMILES string of the molecule is CCc1ncc(-c2ccnc(N(CC34CCC(c5ccc(OC)c(C)c5)(CC3)CC4)C(=O)C3CCC(OC(=O)N4CC(C)C4)CC3)c2)s1. The van der Waals surface area contributed by atoms with E-state index in [-0.39, 0.29) is 34.9 Å². The minimum absolute atomic E-state index is 0.0809. The Morgan fingerprint density at radius 3 is 2.35 bits per heavy atom. The van der Waals surface area contributed by atoms with Gasteiger partial charge in [-0.3, -0.25) is 9.69 Å². The zero-order valence-corrected chi connectivity index (χ0v) is 29.8. The molecule has 1 saturated heterocycles. The van der Waals surface area contributed by atoms with Crippen LogP contribution in [0.25, 0.3) is 10.4 Å². The quantitative estimate of drug-likeness (QED) is 0.228. The summed E-state index contributed by atoms with van der Waals surface area (Å²) in [6.45, 7) is 8.66. The Kier molecular flexibility index (Phi) is 9.26. The molecule has 8 rings (SSSR count). The lowest BCUT2D eigenvalue weighted by atomic mass is 9.51. The van der Waals surface area contributed by atoms with Crippen molar-refractivity contribution in [3.05, 3.63) is 58.9 Å². The number of benzene rings is 1. The predicted octanol–water partition coefficient (Wildman–Crippen LogP) is 8.36. The first-order valence-electron chi connectivity index (χ1n) is 18.0. The van der Waals surface area contributed by atoms with Gasteiger partial charge in [0.05, 0.1) is 17.0 Å². The molecule has 0 N–H and O–H groups in total. The number of hydrogen-bond acceptors (Lipinski definition) is 7. The number of fused-ring (bicyclic) bond motifs is 3. The molecule has 9 heteroatoms. The molecule has 2 bridgehead atoms. The van der Waals surface area contributed by atoms with Crippen LogP contribution in [0.15, 0.2) is 42.7 Å². The molecular weight excluding hydrogens is 621 g/mol. The van der Waals surface area contributed by atoms with Crippen molar-refractivity contribution in [1.29, 1.82) is 0 Å². The highest BCUT2D eigenvalue weighted by Crippen LogP contribution is 2.58. The number of carbonyl (C=O) groups is 2. The lowest BCUT2D eigenvalue weighted by Gasteiger charge is -2.55. The van der Waals surface area contributed by atoms with E-state index < -0.39 is 0 Å². The van der Waals surface area contributed by atoms with Gasteiger partial charge in [-0.05, 0) is 129 Å². The summed E-state index contributed by atoms with van der Waals surface area (Å²) in [5.41, 5.74) is 3.98. The summed E-state index contributed by atoms with van der Waals surface area (Å²) in [5.74, 6) is 2.30. The van der Waals surface area contributed by atoms with Crippen molar-refractivity contribution < 1.29 is 19.1 Å². The minimum atomic E-state index is -0.200. The summed E-state index contributed by atoms with van der Waals surface area (Å²) in [5, 5.41) is 1.11. The maximum absolute atomic E-state index is 14.6. The maximum Gasteiger partial charge on any atom is 0.410 e. The summed E-state index contributed by atoms with van der Waals surface area (Å²) in [6.07, 6.45) is 14.0. The molecule has 3 heterocycles. The molecule has 0 spiro atoms. The van der Waals surface area contributed by atoms with E-state index in [0.29, 0.717) is 12.5 Å². The van der Waals surface area contributed by atoms with Crippen molar-refractivity contribution >= 4 is 29.2 Å². The number of anilines is 1. The fourth-order valence-electron chi connectivity index (χ4n) is 8.79. The second kappa shape index (κ2) is 13.4. The van der Waals surface area contributed by atoms with E-state index in [4.69, 9.17) is 14.5 Å². The maximum atomic E-state index is 14.6. The van der Waals surface area contributed by atoms with Gasteiger partial charge in [0, 0.05) is 37.9 Å². The molecule has 4 aliphatic carbocycles. The molecule has 4 saturated carbocycles. The Labute approximate surface area is 289 Å². The molecule has 48 heavy (non-hydrogen) atoms. The molecule has 1 aliphatic heterocycles. The van der Waals surface area contributed by atoms with Crippen molar-refractivity contribution in [3.8, 4) is 16.2 Å². The number of aryl methyl sites for hydroxylation is 2. The number of rotatable bonds is 9. The molecule has 0 radical (unpaired) electrons. The summed E-state index contributed by atoms with van der Waals surface area (Å²) in [6, 6.07) is 10.9. The van der Waals surface area contributed by atoms with Crippen molar-refractivity contribution in [2.45, 2.75) is 103 Å². The van der Waals surface area contributed by atoms with Crippen molar-refractivity contribution in [2.75, 3.05) is 31.6 Å². The molecule has 3 aromatic rings. The topological polar surface area (TPSA) is 84.9 Å². The van der Waals surface area contributed by atoms with E-state index >= 15 is 0 Å². The van der Waals surface area contributed by atoms with Crippen molar-refractivity contribution in [3.63, 3.8) is 0 Å². The van der Waals surface area contributed by atoms with Crippen LogP contribution >= 0.6 is 11.3 Å². The summed E-state index contributed by atoms with van der Waals surface area (Å²) in [7, 11) is 1.74. The number of ether oxygens (including phenoxy) is 2. The largest absolute Gasteiger partial charge is 0.496 e. The Hall–Kier alpha value is -3.46. The third kappa shape index (κ3) is 6.47. The summed E-state index contributed by atoms with van der Waals surface area (Å²) >= 11 is 1.71. The third-order valence-corrected chi connectivity index (χ3v) is 13.1. The number of aromatic nitrogens is 2. The lowest BCUT2D eigenvalue weighted by Crippen LogP contribution is -2.52. The van der Waals surface area contributed by atoms with Crippen LogP contribution in [-0.4, -0.2) is 59.7 Å². The van der Waals surface area contributed by atoms with Gasteiger partial charge in [-0.25, -0.2) is 14.8 Å². The Morgan fingerprint density at radius 1 is 1.00 bits per heavy atom. The van der Waals surface area contributed by atoms with Gasteiger partial charge in [-0.1, -0.05) is 26.0 Å². The van der Waals surface area contributed by atoms with Crippen LogP contribution in [0.4, 0.5) is 10.6 Å². The normalized spacial score (nSPS) is 27.0. The molecule has 2 aromatic heterocycles. The first kappa shape index (κ1) is 33.1. The average Bonchev–Trinajstić information content (AvgIpc) is 3.60. The lowest BCUT2D eigenvalue weighted by molar-refractivity contribution is -0.124. The molecule has 256 valence electrons. The van der Waals surface area contributed by atoms with Crippen LogP contribution in [-0.2, 0) is 21.4 Å². The van der Waals surface area contributed by atoms with Gasteiger partial charge in [0.25, 0.3) is 0 Å². The molecular formula is C39H50N4O4S. The molecule has 5 aliphatic rings. The van der Waals surface area contributed by atoms with E-state index in [2.05, 4.69) is 50.0 Å². The molecule has 1 aromatic carbocycles. The number of likely N-dealkylation sites (tertiary alicyclic amines) is 1. The number of nitrogens with zero attached hydrogens (tertiary/aromatic N) is 4. The Morgan fingerprint density at radius 2 is 1.73 bits per heavy atom. The number of methoxy groups -OCH3 is 1. The van der Waals surface area contributed by atoms with Gasteiger partial charge in [0.1, 0.15) is 17.7 Å². The minimum Gasteiger partial charge on any atom is -0.496 e. The number of amides is 2. The van der Waals surface area contributed by atoms with E-state index in [1.165, 1.54) is 11.1 Å². The van der Waals surface area contributed by atoms with Crippen molar-refractivity contribution in [1.82, 2.24) is 14.9 Å². The van der Waals surface area contributed by atoms with E-state index in [9.17, 15) is 9.59 Å². The fraction of sp³-hybridized carbons (Fsp3) is 0.590. The standard InChI is InChI=1S/C39H50N4O4S/c1-5-35-41-22-33(48-35)29-12-19-40-34(21-29)43(36(44)28-6-9-31(10-7-28)47-37(45)42-23-26(2)24-42)25-38-13-16-39(17-14-38,18-15-38)30-8-11-32(46-4)27(3)20-30/h8,11-12,19-22,26,28,31H,5-7,9-10,13-18,23-25H2,1-4H3. The smallest absolute Gasteiger partial charge is 0.410 e. The monoisotopic (exact) mass is 670 g/mol. The van der Waals surface area contributed by atoms with Gasteiger partial charge in [-0.2, -0.15) is 0 Å². The van der Waals surface area contributed by atoms with Crippen LogP contribution in [0.5, 0.6) is 5.75 Å². The molecule has 0 atom stereocenters. The van der Waals surface area contributed by atoms with Crippen LogP contribution in [0.3, 0.4) is 0 Å². The summed E-state index contributed by atoms with van der Waals surface area (Å²) in [4.78, 5) is 41.5. The van der Waals surface area contributed by atoms with Gasteiger partial charge >= 0.3 is 6.09 Å². The number of pyridine rings is 1. The molecule has 5 fully saturated rings. The summed E-state index contributed by atoms with van der Waals surface area (Å²) < 4.78 is 11.4. The second-order valence-corrected chi connectivity index (χ2v) is 16.2. The van der Waals surface area contributed by atoms with Gasteiger partial charge in [-0.15, -0.1) is 11.3 Å². The van der Waals surface area contributed by atoms with E-state index in [1.807, 2.05) is 23.4 Å². The first-order valence-corrected chi connectivity index (χ1v) is 18.8. The number of thiazole rings is 1. The molecule has 2 amide bonds. The highest BCUT2D eigenvalue weighted by molar-refractivity contribution is 7.15. The second-order valence-electron chi connectivity index (χ2n) is 15.1. The van der Waals surface area contributed by atoms with E-state index in [1.54, 1.807) is 23.3 Å². The van der Waals surface area contributed by atoms with Crippen molar-refractivity contribution in [2.24, 2.45) is 17.3 Å². The Balaban J connectivity index is 1.09. The highest BCUT2D eigenvalue weighted by atomic mass is 32.1. The fourth-order valence-corrected chi connectivity index (χ4v) is 9.64. The zero-order chi connectivity index (χ0) is 33.5. The number of hydrogen-bond donors (Lipinski definition) is 0. The van der Waals surface area contributed by atoms with Crippen LogP contribution < -0.4 is 9.64 Å². The molecule has 8 nitrogen and oxygen atoms in total. The number of carbonyl (C=O) groups excluding carboxylic acids is 2. The zero-order valence-electron chi connectivity index (χ0n) is 29.0. The van der Waals surface area contributed by atoms with Crippen LogP contribution in [0.2, 0.25) is 0 Å². The molecule has 0 unspecified atom stereocenters.